The number of aromatic nitrogens is 1. The lowest BCUT2D eigenvalue weighted by Crippen LogP contribution is -2.45. The van der Waals surface area contributed by atoms with Gasteiger partial charge in [0.1, 0.15) is 0 Å². The van der Waals surface area contributed by atoms with Crippen LogP contribution < -0.4 is 5.32 Å². The lowest BCUT2D eigenvalue weighted by Gasteiger charge is -2.35. The van der Waals surface area contributed by atoms with Crippen LogP contribution >= 0.6 is 24.8 Å². The molecule has 2 heterocycles. The van der Waals surface area contributed by atoms with E-state index in [1.807, 2.05) is 6.20 Å². The van der Waals surface area contributed by atoms with Crippen molar-refractivity contribution in [1.29, 1.82) is 0 Å². The molecule has 0 radical (unpaired) electrons. The van der Waals surface area contributed by atoms with E-state index >= 15 is 0 Å². The number of nitrogens with zero attached hydrogens (tertiary/aromatic N) is 1. The molecule has 0 unspecified atom stereocenters. The molecular weight excluding hydrogens is 293 g/mol. The smallest absolute Gasteiger partial charge is 0.0457 e. The summed E-state index contributed by atoms with van der Waals surface area (Å²) in [5, 5.41) is 4.81. The van der Waals surface area contributed by atoms with Crippen molar-refractivity contribution in [2.75, 3.05) is 26.2 Å². The van der Waals surface area contributed by atoms with Crippen molar-refractivity contribution in [3.63, 3.8) is 0 Å². The summed E-state index contributed by atoms with van der Waals surface area (Å²) in [7, 11) is 0. The second-order valence-electron chi connectivity index (χ2n) is 5.00. The zero-order valence-electron chi connectivity index (χ0n) is 11.8. The predicted octanol–water partition coefficient (Wildman–Crippen LogP) is 3.37. The fourth-order valence-electron chi connectivity index (χ4n) is 3.07. The highest BCUT2D eigenvalue weighted by molar-refractivity contribution is 5.85. The number of halogens is 2. The predicted molar refractivity (Wildman–Crippen MR) is 90.3 cm³/mol. The minimum absolute atomic E-state index is 0. The molecule has 1 saturated heterocycles. The van der Waals surface area contributed by atoms with Crippen LogP contribution in [0.5, 0.6) is 0 Å². The van der Waals surface area contributed by atoms with Crippen molar-refractivity contribution in [2.24, 2.45) is 0 Å². The SMILES string of the molecule is CC[C@@H](c1cccc2[nH]ccc12)N1CCNCC1.Cl.Cl. The van der Waals surface area contributed by atoms with Crippen molar-refractivity contribution in [3.05, 3.63) is 36.0 Å². The largest absolute Gasteiger partial charge is 0.361 e. The Balaban J connectivity index is 0.000001000. The van der Waals surface area contributed by atoms with E-state index in [1.165, 1.54) is 22.9 Å². The van der Waals surface area contributed by atoms with Crippen molar-refractivity contribution in [1.82, 2.24) is 15.2 Å². The van der Waals surface area contributed by atoms with Crippen molar-refractivity contribution in [3.8, 4) is 0 Å². The zero-order valence-corrected chi connectivity index (χ0v) is 13.4. The van der Waals surface area contributed by atoms with Crippen LogP contribution in [0.15, 0.2) is 30.5 Å². The minimum Gasteiger partial charge on any atom is -0.361 e. The maximum absolute atomic E-state index is 3.43. The van der Waals surface area contributed by atoms with Crippen LogP contribution in [-0.4, -0.2) is 36.1 Å². The first kappa shape index (κ1) is 17.3. The first-order chi connectivity index (χ1) is 8.90. The van der Waals surface area contributed by atoms with Crippen LogP contribution in [0.1, 0.15) is 24.9 Å². The highest BCUT2D eigenvalue weighted by Crippen LogP contribution is 2.30. The van der Waals surface area contributed by atoms with E-state index in [0.717, 1.165) is 26.2 Å². The average Bonchev–Trinajstić information content (AvgIpc) is 2.90. The number of H-pyrrole nitrogens is 1. The van der Waals surface area contributed by atoms with Crippen molar-refractivity contribution >= 4 is 35.7 Å². The molecule has 1 aromatic heterocycles. The first-order valence-corrected chi connectivity index (χ1v) is 6.91. The summed E-state index contributed by atoms with van der Waals surface area (Å²) in [6.07, 6.45) is 3.21. The highest BCUT2D eigenvalue weighted by atomic mass is 35.5. The molecule has 5 heteroatoms. The van der Waals surface area contributed by atoms with Gasteiger partial charge >= 0.3 is 0 Å². The van der Waals surface area contributed by atoms with Gasteiger partial charge in [-0.25, -0.2) is 0 Å². The van der Waals surface area contributed by atoms with Gasteiger partial charge in [0.15, 0.2) is 0 Å². The third-order valence-electron chi connectivity index (χ3n) is 3.97. The fraction of sp³-hybridized carbons (Fsp3) is 0.467. The summed E-state index contributed by atoms with van der Waals surface area (Å²) in [6, 6.07) is 9.36. The van der Waals surface area contributed by atoms with Gasteiger partial charge in [0.2, 0.25) is 0 Å². The van der Waals surface area contributed by atoms with Crippen molar-refractivity contribution in [2.45, 2.75) is 19.4 Å². The molecule has 1 aromatic carbocycles. The van der Waals surface area contributed by atoms with Gasteiger partial charge in [-0.1, -0.05) is 19.1 Å². The maximum Gasteiger partial charge on any atom is 0.0457 e. The second-order valence-corrected chi connectivity index (χ2v) is 5.00. The molecule has 0 aliphatic carbocycles. The summed E-state index contributed by atoms with van der Waals surface area (Å²) in [6.45, 7) is 6.82. The Morgan fingerprint density at radius 3 is 2.60 bits per heavy atom. The van der Waals surface area contributed by atoms with E-state index in [1.54, 1.807) is 0 Å². The van der Waals surface area contributed by atoms with Gasteiger partial charge in [0.05, 0.1) is 0 Å². The first-order valence-electron chi connectivity index (χ1n) is 6.91. The third-order valence-corrected chi connectivity index (χ3v) is 3.97. The molecule has 112 valence electrons. The van der Waals surface area contributed by atoms with Gasteiger partial charge in [0.25, 0.3) is 0 Å². The molecule has 0 saturated carbocycles. The number of rotatable bonds is 3. The number of hydrogen-bond acceptors (Lipinski definition) is 2. The molecule has 0 amide bonds. The van der Waals surface area contributed by atoms with Crippen LogP contribution in [0.4, 0.5) is 0 Å². The normalized spacial score (nSPS) is 17.2. The van der Waals surface area contributed by atoms with Crippen LogP contribution in [0, 0.1) is 0 Å². The number of piperazine rings is 1. The third kappa shape index (κ3) is 3.29. The maximum atomic E-state index is 3.43. The standard InChI is InChI=1S/C15H21N3.2ClH/c1-2-15(18-10-8-16-9-11-18)13-4-3-5-14-12(13)6-7-17-14;;/h3-7,15-17H,2,8-11H2,1H3;2*1H/t15-;;/m0../s1. The molecule has 1 aliphatic heterocycles. The van der Waals surface area contributed by atoms with Gasteiger partial charge in [-0.15, -0.1) is 24.8 Å². The molecule has 0 spiro atoms. The summed E-state index contributed by atoms with van der Waals surface area (Å²) < 4.78 is 0. The van der Waals surface area contributed by atoms with Crippen LogP contribution in [0.2, 0.25) is 0 Å². The van der Waals surface area contributed by atoms with Gasteiger partial charge < -0.3 is 10.3 Å². The van der Waals surface area contributed by atoms with Crippen LogP contribution in [0.25, 0.3) is 10.9 Å². The molecule has 1 fully saturated rings. The van der Waals surface area contributed by atoms with E-state index in [-0.39, 0.29) is 24.8 Å². The van der Waals surface area contributed by atoms with E-state index in [2.05, 4.69) is 46.4 Å². The molecule has 20 heavy (non-hydrogen) atoms. The Kier molecular flexibility index (Phi) is 6.83. The number of hydrogen-bond donors (Lipinski definition) is 2. The summed E-state index contributed by atoms with van der Waals surface area (Å²) in [5.41, 5.74) is 2.72. The molecular formula is C15H23Cl2N3. The summed E-state index contributed by atoms with van der Waals surface area (Å²) in [4.78, 5) is 5.92. The van der Waals surface area contributed by atoms with Crippen LogP contribution in [0.3, 0.4) is 0 Å². The number of fused-ring (bicyclic) bond motifs is 1. The molecule has 1 atom stereocenters. The zero-order chi connectivity index (χ0) is 12.4. The number of aromatic amines is 1. The van der Waals surface area contributed by atoms with E-state index in [4.69, 9.17) is 0 Å². The monoisotopic (exact) mass is 315 g/mol. The molecule has 1 aliphatic rings. The van der Waals surface area contributed by atoms with E-state index in [0.29, 0.717) is 6.04 Å². The van der Waals surface area contributed by atoms with E-state index < -0.39 is 0 Å². The Labute approximate surface area is 132 Å². The Morgan fingerprint density at radius 2 is 1.90 bits per heavy atom. The Morgan fingerprint density at radius 1 is 1.15 bits per heavy atom. The number of benzene rings is 1. The Bertz CT molecular complexity index is 521. The van der Waals surface area contributed by atoms with Crippen LogP contribution in [-0.2, 0) is 0 Å². The minimum atomic E-state index is 0. The number of nitrogens with one attached hydrogen (secondary N) is 2. The lowest BCUT2D eigenvalue weighted by molar-refractivity contribution is 0.170. The van der Waals surface area contributed by atoms with Crippen molar-refractivity contribution < 1.29 is 0 Å². The molecule has 0 bridgehead atoms. The van der Waals surface area contributed by atoms with E-state index in [9.17, 15) is 0 Å². The molecule has 3 nitrogen and oxygen atoms in total. The van der Waals surface area contributed by atoms with Gasteiger partial charge in [0, 0.05) is 49.3 Å². The quantitative estimate of drug-likeness (QED) is 0.910. The summed E-state index contributed by atoms with van der Waals surface area (Å²) >= 11 is 0. The molecule has 3 rings (SSSR count). The molecule has 2 N–H and O–H groups in total. The second kappa shape index (κ2) is 7.89. The van der Waals surface area contributed by atoms with Gasteiger partial charge in [-0.3, -0.25) is 4.90 Å². The Hall–Kier alpha value is -0.740. The van der Waals surface area contributed by atoms with Gasteiger partial charge in [-0.05, 0) is 24.1 Å². The average molecular weight is 316 g/mol. The fourth-order valence-corrected chi connectivity index (χ4v) is 3.07. The van der Waals surface area contributed by atoms with Gasteiger partial charge in [-0.2, -0.15) is 0 Å². The summed E-state index contributed by atoms with van der Waals surface area (Å²) in [5.74, 6) is 0. The highest BCUT2D eigenvalue weighted by Gasteiger charge is 2.21. The molecule has 2 aromatic rings. The lowest BCUT2D eigenvalue weighted by atomic mass is 9.98. The topological polar surface area (TPSA) is 31.1 Å².